The van der Waals surface area contributed by atoms with E-state index in [0.717, 1.165) is 31.5 Å². The third kappa shape index (κ3) is 2.35. The largest absolute Gasteiger partial charge is 0.309 e. The van der Waals surface area contributed by atoms with E-state index < -0.39 is 0 Å². The molecule has 3 heterocycles. The first-order valence-corrected chi connectivity index (χ1v) is 7.57. The molecular weight excluding hydrogens is 304 g/mol. The second-order valence-corrected chi connectivity index (χ2v) is 5.47. The smallest absolute Gasteiger partial charge is 0.225 e. The van der Waals surface area contributed by atoms with Crippen LogP contribution in [0.4, 0.5) is 5.82 Å². The number of nitrogens with one attached hydrogen (secondary N) is 1. The minimum atomic E-state index is -0.196. The van der Waals surface area contributed by atoms with Crippen molar-refractivity contribution in [2.75, 3.05) is 5.32 Å². The first-order valence-electron chi connectivity index (χ1n) is 7.19. The van der Waals surface area contributed by atoms with Crippen LogP contribution in [0.5, 0.6) is 0 Å². The van der Waals surface area contributed by atoms with Gasteiger partial charge in [0.25, 0.3) is 0 Å². The number of carbonyl (C=O) groups is 1. The number of aromatic nitrogens is 4. The number of anilines is 1. The van der Waals surface area contributed by atoms with Crippen molar-refractivity contribution in [1.82, 2.24) is 19.6 Å². The van der Waals surface area contributed by atoms with Gasteiger partial charge in [-0.2, -0.15) is 20.1 Å². The Morgan fingerprint density at radius 3 is 3.05 bits per heavy atom. The number of carbonyl (C=O) groups excluding carboxylic acids is 1. The van der Waals surface area contributed by atoms with Gasteiger partial charge in [-0.3, -0.25) is 9.48 Å². The molecule has 1 amide bonds. The highest BCUT2D eigenvalue weighted by molar-refractivity contribution is 6.33. The molecule has 1 aliphatic heterocycles. The lowest BCUT2D eigenvalue weighted by atomic mass is 10.1. The summed E-state index contributed by atoms with van der Waals surface area (Å²) in [5.74, 6) is 0.566. The van der Waals surface area contributed by atoms with Crippen LogP contribution in [0.25, 0.3) is 5.82 Å². The van der Waals surface area contributed by atoms with Gasteiger partial charge in [0.2, 0.25) is 5.91 Å². The highest BCUT2D eigenvalue weighted by atomic mass is 35.5. The molecule has 1 N–H and O–H groups in total. The van der Waals surface area contributed by atoms with Crippen molar-refractivity contribution in [3.8, 4) is 11.9 Å². The maximum Gasteiger partial charge on any atom is 0.225 e. The molecule has 0 spiro atoms. The van der Waals surface area contributed by atoms with Crippen LogP contribution >= 0.6 is 11.6 Å². The quantitative estimate of drug-likeness (QED) is 0.940. The zero-order valence-corrected chi connectivity index (χ0v) is 12.9. The fourth-order valence-corrected chi connectivity index (χ4v) is 2.82. The molecule has 1 aliphatic rings. The van der Waals surface area contributed by atoms with Crippen LogP contribution in [0.1, 0.15) is 37.4 Å². The molecule has 7 nitrogen and oxygen atoms in total. The SMILES string of the molecule is CCC(=O)Nc1c(C#N)cnn1-c1nn2c(c1Cl)CCCC2. The second-order valence-electron chi connectivity index (χ2n) is 5.10. The van der Waals surface area contributed by atoms with E-state index >= 15 is 0 Å². The molecule has 0 saturated carbocycles. The Balaban J connectivity index is 2.09. The molecule has 0 radical (unpaired) electrons. The van der Waals surface area contributed by atoms with Gasteiger partial charge in [-0.05, 0) is 19.3 Å². The van der Waals surface area contributed by atoms with Crippen LogP contribution in [0.2, 0.25) is 5.02 Å². The maximum atomic E-state index is 11.7. The Morgan fingerprint density at radius 2 is 2.36 bits per heavy atom. The van der Waals surface area contributed by atoms with E-state index in [9.17, 15) is 10.1 Å². The van der Waals surface area contributed by atoms with Gasteiger partial charge in [0, 0.05) is 13.0 Å². The van der Waals surface area contributed by atoms with E-state index in [4.69, 9.17) is 11.6 Å². The monoisotopic (exact) mass is 318 g/mol. The van der Waals surface area contributed by atoms with E-state index in [0.29, 0.717) is 23.1 Å². The van der Waals surface area contributed by atoms with Gasteiger partial charge >= 0.3 is 0 Å². The minimum absolute atomic E-state index is 0.196. The van der Waals surface area contributed by atoms with Crippen molar-refractivity contribution in [3.05, 3.63) is 22.5 Å². The van der Waals surface area contributed by atoms with Crippen molar-refractivity contribution in [2.45, 2.75) is 39.2 Å². The molecule has 22 heavy (non-hydrogen) atoms. The molecule has 3 rings (SSSR count). The first-order chi connectivity index (χ1) is 10.7. The Bertz CT molecular complexity index is 769. The molecule has 0 bridgehead atoms. The number of halogens is 1. The first kappa shape index (κ1) is 14.6. The molecular formula is C14H15ClN6O. The van der Waals surface area contributed by atoms with Crippen molar-refractivity contribution in [1.29, 1.82) is 5.26 Å². The number of fused-ring (bicyclic) bond motifs is 1. The third-order valence-corrected chi connectivity index (χ3v) is 4.07. The topological polar surface area (TPSA) is 88.5 Å². The molecule has 0 aliphatic carbocycles. The molecule has 2 aromatic heterocycles. The summed E-state index contributed by atoms with van der Waals surface area (Å²) in [6.07, 6.45) is 4.72. The molecule has 0 aromatic carbocycles. The van der Waals surface area contributed by atoms with E-state index in [1.807, 2.05) is 10.8 Å². The summed E-state index contributed by atoms with van der Waals surface area (Å²) in [4.78, 5) is 11.7. The molecule has 0 fully saturated rings. The molecule has 0 saturated heterocycles. The molecule has 114 valence electrons. The number of aryl methyl sites for hydroxylation is 1. The second kappa shape index (κ2) is 5.81. The Morgan fingerprint density at radius 1 is 1.55 bits per heavy atom. The van der Waals surface area contributed by atoms with Gasteiger partial charge < -0.3 is 5.32 Å². The number of hydrogen-bond donors (Lipinski definition) is 1. The Hall–Kier alpha value is -2.33. The van der Waals surface area contributed by atoms with Crippen LogP contribution < -0.4 is 5.32 Å². The predicted molar refractivity (Wildman–Crippen MR) is 80.9 cm³/mol. The molecule has 2 aromatic rings. The number of nitrogens with zero attached hydrogens (tertiary/aromatic N) is 5. The van der Waals surface area contributed by atoms with Crippen LogP contribution in [-0.4, -0.2) is 25.5 Å². The highest BCUT2D eigenvalue weighted by Gasteiger charge is 2.24. The Kier molecular flexibility index (Phi) is 3.86. The summed E-state index contributed by atoms with van der Waals surface area (Å²) in [7, 11) is 0. The fourth-order valence-electron chi connectivity index (χ4n) is 2.51. The van der Waals surface area contributed by atoms with Gasteiger partial charge in [0.15, 0.2) is 11.6 Å². The fraction of sp³-hybridized carbons (Fsp3) is 0.429. The van der Waals surface area contributed by atoms with Crippen molar-refractivity contribution < 1.29 is 4.79 Å². The summed E-state index contributed by atoms with van der Waals surface area (Å²) in [6, 6.07) is 2.02. The summed E-state index contributed by atoms with van der Waals surface area (Å²) < 4.78 is 3.31. The molecule has 0 atom stereocenters. The zero-order chi connectivity index (χ0) is 15.7. The standard InChI is InChI=1S/C14H15ClN6O/c1-2-11(22)18-13-9(7-16)8-17-21(13)14-12(15)10-5-3-4-6-20(10)19-14/h8H,2-6H2,1H3,(H,18,22). The summed E-state index contributed by atoms with van der Waals surface area (Å²) in [5.41, 5.74) is 1.26. The van der Waals surface area contributed by atoms with Crippen LogP contribution in [0.3, 0.4) is 0 Å². The normalized spacial score (nSPS) is 13.5. The van der Waals surface area contributed by atoms with Gasteiger partial charge in [-0.25, -0.2) is 0 Å². The predicted octanol–water partition coefficient (Wildman–Crippen LogP) is 2.28. The average molecular weight is 319 g/mol. The van der Waals surface area contributed by atoms with Crippen molar-refractivity contribution in [3.63, 3.8) is 0 Å². The summed E-state index contributed by atoms with van der Waals surface area (Å²) >= 11 is 6.43. The zero-order valence-electron chi connectivity index (χ0n) is 12.1. The van der Waals surface area contributed by atoms with Gasteiger partial charge in [0.1, 0.15) is 16.7 Å². The van der Waals surface area contributed by atoms with Crippen molar-refractivity contribution in [2.24, 2.45) is 0 Å². The number of rotatable bonds is 3. The number of nitriles is 1. The average Bonchev–Trinajstić information content (AvgIpc) is 3.08. The molecule has 8 heteroatoms. The number of amides is 1. The number of hydrogen-bond acceptors (Lipinski definition) is 4. The van der Waals surface area contributed by atoms with Crippen LogP contribution in [0, 0.1) is 11.3 Å². The Labute approximate surface area is 132 Å². The van der Waals surface area contributed by atoms with E-state index in [1.54, 1.807) is 6.92 Å². The van der Waals surface area contributed by atoms with Gasteiger partial charge in [-0.1, -0.05) is 18.5 Å². The maximum absolute atomic E-state index is 11.7. The lowest BCUT2D eigenvalue weighted by molar-refractivity contribution is -0.115. The lowest BCUT2D eigenvalue weighted by Crippen LogP contribution is -2.15. The third-order valence-electron chi connectivity index (χ3n) is 3.68. The van der Waals surface area contributed by atoms with E-state index in [-0.39, 0.29) is 11.5 Å². The van der Waals surface area contributed by atoms with Gasteiger partial charge in [0.05, 0.1) is 11.9 Å². The van der Waals surface area contributed by atoms with Gasteiger partial charge in [-0.15, -0.1) is 0 Å². The minimum Gasteiger partial charge on any atom is -0.309 e. The van der Waals surface area contributed by atoms with Crippen LogP contribution in [-0.2, 0) is 17.8 Å². The molecule has 0 unspecified atom stereocenters. The van der Waals surface area contributed by atoms with Crippen LogP contribution in [0.15, 0.2) is 6.20 Å². The summed E-state index contributed by atoms with van der Waals surface area (Å²) in [5, 5.41) is 21.1. The highest BCUT2D eigenvalue weighted by Crippen LogP contribution is 2.30. The summed E-state index contributed by atoms with van der Waals surface area (Å²) in [6.45, 7) is 2.56. The van der Waals surface area contributed by atoms with Crippen molar-refractivity contribution >= 4 is 23.3 Å². The van der Waals surface area contributed by atoms with E-state index in [1.165, 1.54) is 10.9 Å². The van der Waals surface area contributed by atoms with E-state index in [2.05, 4.69) is 15.5 Å². The lowest BCUT2D eigenvalue weighted by Gasteiger charge is -2.12.